The summed E-state index contributed by atoms with van der Waals surface area (Å²) in [4.78, 5) is 0. The Hall–Kier alpha value is -2.08. The van der Waals surface area contributed by atoms with Crippen molar-refractivity contribution in [2.24, 2.45) is 0 Å². The van der Waals surface area contributed by atoms with E-state index in [-0.39, 0.29) is 10.8 Å². The highest BCUT2D eigenvalue weighted by Gasteiger charge is 2.24. The molecular formula is C38H54. The molecule has 0 nitrogen and oxygen atoms in total. The van der Waals surface area contributed by atoms with E-state index in [2.05, 4.69) is 90.1 Å². The van der Waals surface area contributed by atoms with Crippen LogP contribution in [0.3, 0.4) is 0 Å². The molecular weight excluding hydrogens is 456 g/mol. The van der Waals surface area contributed by atoms with Crippen molar-refractivity contribution in [2.45, 2.75) is 142 Å². The maximum absolute atomic E-state index is 2.49. The maximum Gasteiger partial charge on any atom is -0.00266 e. The fourth-order valence-electron chi connectivity index (χ4n) is 6.60. The first-order valence-corrected chi connectivity index (χ1v) is 16.0. The molecule has 0 bridgehead atoms. The number of rotatable bonds is 16. The molecule has 0 amide bonds. The lowest BCUT2D eigenvalue weighted by atomic mass is 9.76. The second-order valence-electron chi connectivity index (χ2n) is 13.5. The normalized spacial score (nSPS) is 12.9. The molecule has 0 radical (unpaired) electrons. The highest BCUT2D eigenvalue weighted by atomic mass is 14.3. The fraction of sp³-hybridized carbons (Fsp3) is 0.579. The van der Waals surface area contributed by atoms with Crippen molar-refractivity contribution in [3.63, 3.8) is 0 Å². The van der Waals surface area contributed by atoms with Gasteiger partial charge in [0.1, 0.15) is 0 Å². The molecule has 0 aliphatic rings. The van der Waals surface area contributed by atoms with E-state index >= 15 is 0 Å². The third-order valence-electron chi connectivity index (χ3n) is 9.41. The minimum Gasteiger partial charge on any atom is -0.0654 e. The summed E-state index contributed by atoms with van der Waals surface area (Å²) in [6.45, 7) is 14.4. The van der Waals surface area contributed by atoms with Gasteiger partial charge in [-0.3, -0.25) is 0 Å². The summed E-state index contributed by atoms with van der Waals surface area (Å²) in [7, 11) is 0. The lowest BCUT2D eigenvalue weighted by Crippen LogP contribution is -2.17. The third kappa shape index (κ3) is 6.73. The molecule has 0 unspecified atom stereocenters. The van der Waals surface area contributed by atoms with Gasteiger partial charge in [-0.25, -0.2) is 0 Å². The molecule has 206 valence electrons. The van der Waals surface area contributed by atoms with Gasteiger partial charge in [0.25, 0.3) is 0 Å². The van der Waals surface area contributed by atoms with Crippen LogP contribution >= 0.6 is 0 Å². The van der Waals surface area contributed by atoms with Crippen molar-refractivity contribution in [1.82, 2.24) is 0 Å². The second-order valence-corrected chi connectivity index (χ2v) is 13.5. The number of hydrogen-bond donors (Lipinski definition) is 0. The lowest BCUT2D eigenvalue weighted by molar-refractivity contribution is 0.443. The Labute approximate surface area is 233 Å². The van der Waals surface area contributed by atoms with E-state index in [0.29, 0.717) is 0 Å². The van der Waals surface area contributed by atoms with Crippen molar-refractivity contribution >= 4 is 32.3 Å². The van der Waals surface area contributed by atoms with Gasteiger partial charge in [0.15, 0.2) is 0 Å². The molecule has 38 heavy (non-hydrogen) atoms. The molecule has 4 rings (SSSR count). The summed E-state index contributed by atoms with van der Waals surface area (Å²) in [6, 6.07) is 19.5. The predicted octanol–water partition coefficient (Wildman–Crippen LogP) is 12.6. The van der Waals surface area contributed by atoms with Crippen LogP contribution in [0.5, 0.6) is 0 Å². The predicted molar refractivity (Wildman–Crippen MR) is 172 cm³/mol. The molecule has 0 N–H and O–H groups in total. The molecule has 0 heterocycles. The van der Waals surface area contributed by atoms with Crippen molar-refractivity contribution < 1.29 is 0 Å². The SMILES string of the molecule is CCCCCCCCC(C)(C)c1cc2ccc3cc(C(C)(C)CCCCCCCC)cc4ccc(c1)c2c34. The largest absolute Gasteiger partial charge is 0.0654 e. The van der Waals surface area contributed by atoms with Gasteiger partial charge in [-0.2, -0.15) is 0 Å². The summed E-state index contributed by atoms with van der Waals surface area (Å²) >= 11 is 0. The molecule has 0 spiro atoms. The first kappa shape index (κ1) is 28.9. The van der Waals surface area contributed by atoms with E-state index in [1.54, 1.807) is 0 Å². The molecule has 0 saturated carbocycles. The minimum atomic E-state index is 0.211. The van der Waals surface area contributed by atoms with E-state index in [1.165, 1.54) is 133 Å². The Kier molecular flexibility index (Phi) is 9.78. The van der Waals surface area contributed by atoms with Crippen LogP contribution in [0.2, 0.25) is 0 Å². The molecule has 0 fully saturated rings. The van der Waals surface area contributed by atoms with Crippen LogP contribution in [0, 0.1) is 0 Å². The summed E-state index contributed by atoms with van der Waals surface area (Å²) in [6.07, 6.45) is 18.9. The van der Waals surface area contributed by atoms with Crippen LogP contribution in [0.4, 0.5) is 0 Å². The average Bonchev–Trinajstić information content (AvgIpc) is 2.90. The molecule has 0 atom stereocenters. The van der Waals surface area contributed by atoms with Crippen LogP contribution in [-0.4, -0.2) is 0 Å². The van der Waals surface area contributed by atoms with Crippen molar-refractivity contribution in [3.05, 3.63) is 59.7 Å². The van der Waals surface area contributed by atoms with E-state index in [0.717, 1.165) is 0 Å². The number of unbranched alkanes of at least 4 members (excludes halogenated alkanes) is 10. The Balaban J connectivity index is 1.55. The number of hydrogen-bond acceptors (Lipinski definition) is 0. The quantitative estimate of drug-likeness (QED) is 0.104. The maximum atomic E-state index is 2.49. The lowest BCUT2D eigenvalue weighted by Gasteiger charge is -2.28. The van der Waals surface area contributed by atoms with E-state index < -0.39 is 0 Å². The highest BCUT2D eigenvalue weighted by molar-refractivity contribution is 6.23. The zero-order chi connectivity index (χ0) is 27.2. The average molecular weight is 511 g/mol. The Morgan fingerprint density at radius 2 is 0.711 bits per heavy atom. The Morgan fingerprint density at radius 3 is 1.03 bits per heavy atom. The number of benzene rings is 4. The monoisotopic (exact) mass is 510 g/mol. The van der Waals surface area contributed by atoms with Gasteiger partial charge >= 0.3 is 0 Å². The standard InChI is InChI=1S/C38H54/c1-7-9-11-13-15-17-23-37(3,4)33-25-29-19-21-31-27-34(38(5,6)24-18-16-14-12-10-8-2)28-32-22-20-30(26-33)35(29)36(31)32/h19-22,25-28H,7-18,23-24H2,1-6H3. The minimum absolute atomic E-state index is 0.211. The second kappa shape index (κ2) is 12.8. The van der Waals surface area contributed by atoms with Gasteiger partial charge in [-0.1, -0.05) is 167 Å². The zero-order valence-corrected chi connectivity index (χ0v) is 25.5. The highest BCUT2D eigenvalue weighted by Crippen LogP contribution is 2.41. The summed E-state index contributed by atoms with van der Waals surface area (Å²) in [5.74, 6) is 0. The molecule has 4 aromatic carbocycles. The van der Waals surface area contributed by atoms with E-state index in [1.807, 2.05) is 0 Å². The van der Waals surface area contributed by atoms with Crippen LogP contribution in [0.15, 0.2) is 48.5 Å². The first-order chi connectivity index (χ1) is 18.3. The third-order valence-corrected chi connectivity index (χ3v) is 9.41. The fourth-order valence-corrected chi connectivity index (χ4v) is 6.60. The summed E-state index contributed by atoms with van der Waals surface area (Å²) < 4.78 is 0. The Bertz CT molecular complexity index is 1120. The topological polar surface area (TPSA) is 0 Å². The van der Waals surface area contributed by atoms with Gasteiger partial charge in [-0.05, 0) is 67.1 Å². The van der Waals surface area contributed by atoms with E-state index in [9.17, 15) is 0 Å². The van der Waals surface area contributed by atoms with Gasteiger partial charge < -0.3 is 0 Å². The van der Waals surface area contributed by atoms with Crippen LogP contribution in [0.25, 0.3) is 32.3 Å². The van der Waals surface area contributed by atoms with Crippen LogP contribution < -0.4 is 0 Å². The smallest absolute Gasteiger partial charge is 0.00266 e. The van der Waals surface area contributed by atoms with Crippen LogP contribution in [-0.2, 0) is 10.8 Å². The van der Waals surface area contributed by atoms with Gasteiger partial charge in [0.2, 0.25) is 0 Å². The van der Waals surface area contributed by atoms with Gasteiger partial charge in [0, 0.05) is 0 Å². The molecule has 0 saturated heterocycles. The van der Waals surface area contributed by atoms with Gasteiger partial charge in [0.05, 0.1) is 0 Å². The summed E-state index contributed by atoms with van der Waals surface area (Å²) in [5.41, 5.74) is 3.42. The van der Waals surface area contributed by atoms with Crippen molar-refractivity contribution in [3.8, 4) is 0 Å². The Morgan fingerprint density at radius 1 is 0.421 bits per heavy atom. The molecule has 0 heteroatoms. The van der Waals surface area contributed by atoms with Crippen molar-refractivity contribution in [1.29, 1.82) is 0 Å². The first-order valence-electron chi connectivity index (χ1n) is 16.0. The molecule has 0 aliphatic heterocycles. The van der Waals surface area contributed by atoms with Crippen molar-refractivity contribution in [2.75, 3.05) is 0 Å². The van der Waals surface area contributed by atoms with E-state index in [4.69, 9.17) is 0 Å². The molecule has 4 aromatic rings. The zero-order valence-electron chi connectivity index (χ0n) is 25.5. The summed E-state index contributed by atoms with van der Waals surface area (Å²) in [5, 5.41) is 8.55. The van der Waals surface area contributed by atoms with Gasteiger partial charge in [-0.15, -0.1) is 0 Å². The van der Waals surface area contributed by atoms with Crippen LogP contribution in [0.1, 0.15) is 143 Å². The molecule has 0 aromatic heterocycles. The molecule has 0 aliphatic carbocycles.